The summed E-state index contributed by atoms with van der Waals surface area (Å²) in [6, 6.07) is 8.20. The predicted octanol–water partition coefficient (Wildman–Crippen LogP) is 2.10. The summed E-state index contributed by atoms with van der Waals surface area (Å²) in [5.41, 5.74) is 7.91. The molecule has 0 bridgehead atoms. The van der Waals surface area contributed by atoms with Crippen molar-refractivity contribution >= 4 is 5.91 Å². The van der Waals surface area contributed by atoms with E-state index in [2.05, 4.69) is 30.6 Å². The van der Waals surface area contributed by atoms with Crippen molar-refractivity contribution in [1.29, 1.82) is 0 Å². The monoisotopic (exact) mass is 330 g/mol. The fraction of sp³-hybridized carbons (Fsp3) is 0.421. The molecule has 2 rings (SSSR count). The Morgan fingerprint density at radius 2 is 1.96 bits per heavy atom. The number of hydrogen-bond donors (Lipinski definition) is 2. The molecule has 5 nitrogen and oxygen atoms in total. The number of fused-ring (bicyclic) bond motifs is 1. The number of ether oxygens (including phenoxy) is 2. The van der Waals surface area contributed by atoms with Crippen LogP contribution in [0.3, 0.4) is 0 Å². The first kappa shape index (κ1) is 18.4. The molecule has 5 heteroatoms. The lowest BCUT2D eigenvalue weighted by atomic mass is 9.80. The average molecular weight is 330 g/mol. The van der Waals surface area contributed by atoms with Gasteiger partial charge in [0.1, 0.15) is 0 Å². The van der Waals surface area contributed by atoms with Gasteiger partial charge in [0.15, 0.2) is 6.29 Å². The van der Waals surface area contributed by atoms with Crippen LogP contribution in [0.5, 0.6) is 0 Å². The van der Waals surface area contributed by atoms with E-state index >= 15 is 0 Å². The Bertz CT molecular complexity index is 561. The summed E-state index contributed by atoms with van der Waals surface area (Å²) in [4.78, 5) is 11.7. The molecule has 1 amide bonds. The fourth-order valence-electron chi connectivity index (χ4n) is 2.99. The summed E-state index contributed by atoms with van der Waals surface area (Å²) in [6.45, 7) is 8.63. The van der Waals surface area contributed by atoms with E-state index in [0.29, 0.717) is 32.6 Å². The van der Waals surface area contributed by atoms with Crippen LogP contribution in [0.4, 0.5) is 0 Å². The number of benzene rings is 1. The van der Waals surface area contributed by atoms with Gasteiger partial charge in [-0.2, -0.15) is 0 Å². The van der Waals surface area contributed by atoms with Crippen LogP contribution in [0.25, 0.3) is 0 Å². The molecule has 2 atom stereocenters. The van der Waals surface area contributed by atoms with Crippen molar-refractivity contribution in [3.05, 3.63) is 60.7 Å². The van der Waals surface area contributed by atoms with E-state index in [0.717, 1.165) is 0 Å². The number of carbonyl (C=O) groups is 1. The zero-order chi connectivity index (χ0) is 17.4. The van der Waals surface area contributed by atoms with Crippen molar-refractivity contribution in [3.63, 3.8) is 0 Å². The number of amides is 1. The van der Waals surface area contributed by atoms with E-state index in [-0.39, 0.29) is 17.9 Å². The number of primary amides is 1. The molecule has 2 unspecified atom stereocenters. The van der Waals surface area contributed by atoms with Gasteiger partial charge in [0.05, 0.1) is 13.2 Å². The third-order valence-electron chi connectivity index (χ3n) is 4.15. The molecule has 0 aromatic heterocycles. The molecular formula is C19H26N2O3. The Kier molecular flexibility index (Phi) is 7.18. The highest BCUT2D eigenvalue weighted by atomic mass is 16.7. The second kappa shape index (κ2) is 9.37. The predicted molar refractivity (Wildman–Crippen MR) is 94.3 cm³/mol. The summed E-state index contributed by atoms with van der Waals surface area (Å²) in [5, 5.41) is 3.45. The molecule has 0 spiro atoms. The van der Waals surface area contributed by atoms with E-state index in [4.69, 9.17) is 15.2 Å². The molecule has 130 valence electrons. The second-order valence-electron chi connectivity index (χ2n) is 5.87. The molecule has 1 aromatic carbocycles. The van der Waals surface area contributed by atoms with Crippen LogP contribution >= 0.6 is 0 Å². The highest BCUT2D eigenvalue weighted by Gasteiger charge is 2.30. The number of carbonyl (C=O) groups excluding carboxylic acids is 1. The fourth-order valence-corrected chi connectivity index (χ4v) is 2.99. The largest absolute Gasteiger partial charge is 0.369 e. The maximum atomic E-state index is 11.7. The molecule has 0 heterocycles. The van der Waals surface area contributed by atoms with E-state index in [1.165, 1.54) is 11.1 Å². The Morgan fingerprint density at radius 1 is 1.29 bits per heavy atom. The van der Waals surface area contributed by atoms with Crippen LogP contribution in [0, 0.1) is 5.92 Å². The number of rotatable bonds is 10. The normalized spacial score (nSPS) is 19.7. The standard InChI is InChI=1S/C19H26N2O3/c1-3-9-23-18(24-10-4-2)13-21-17-12-15(19(20)22)11-14-7-5-6-8-16(14)17/h3-8,15,17-18,21H,1-2,9-13H2,(H2,20,22). The Hall–Kier alpha value is -1.95. The van der Waals surface area contributed by atoms with E-state index in [1.807, 2.05) is 12.1 Å². The molecule has 0 saturated carbocycles. The molecule has 24 heavy (non-hydrogen) atoms. The van der Waals surface area contributed by atoms with E-state index in [9.17, 15) is 4.79 Å². The number of nitrogens with two attached hydrogens (primary N) is 1. The van der Waals surface area contributed by atoms with Crippen molar-refractivity contribution in [3.8, 4) is 0 Å². The van der Waals surface area contributed by atoms with Gasteiger partial charge in [-0.3, -0.25) is 4.79 Å². The third kappa shape index (κ3) is 5.03. The van der Waals surface area contributed by atoms with Gasteiger partial charge in [-0.25, -0.2) is 0 Å². The maximum absolute atomic E-state index is 11.7. The molecular weight excluding hydrogens is 304 g/mol. The summed E-state index contributed by atoms with van der Waals surface area (Å²) in [7, 11) is 0. The molecule has 1 aliphatic carbocycles. The van der Waals surface area contributed by atoms with Crippen LogP contribution in [0.2, 0.25) is 0 Å². The lowest BCUT2D eigenvalue weighted by molar-refractivity contribution is -0.126. The first-order chi connectivity index (χ1) is 11.7. The first-order valence-electron chi connectivity index (χ1n) is 8.21. The second-order valence-corrected chi connectivity index (χ2v) is 5.87. The van der Waals surface area contributed by atoms with Crippen molar-refractivity contribution in [2.24, 2.45) is 11.7 Å². The summed E-state index contributed by atoms with van der Waals surface area (Å²) in [5.74, 6) is -0.405. The maximum Gasteiger partial charge on any atom is 0.220 e. The zero-order valence-corrected chi connectivity index (χ0v) is 13.9. The van der Waals surface area contributed by atoms with Crippen LogP contribution in [-0.2, 0) is 20.7 Å². The van der Waals surface area contributed by atoms with Crippen molar-refractivity contribution in [2.45, 2.75) is 25.2 Å². The molecule has 3 N–H and O–H groups in total. The van der Waals surface area contributed by atoms with Crippen LogP contribution < -0.4 is 11.1 Å². The minimum atomic E-state index is -0.401. The molecule has 0 aliphatic heterocycles. The lowest BCUT2D eigenvalue weighted by Crippen LogP contribution is -2.39. The molecule has 1 aliphatic rings. The molecule has 0 saturated heterocycles. The van der Waals surface area contributed by atoms with Gasteiger partial charge in [-0.1, -0.05) is 36.4 Å². The minimum Gasteiger partial charge on any atom is -0.369 e. The lowest BCUT2D eigenvalue weighted by Gasteiger charge is -2.32. The van der Waals surface area contributed by atoms with Crippen LogP contribution in [0.1, 0.15) is 23.6 Å². The van der Waals surface area contributed by atoms with Gasteiger partial charge in [-0.05, 0) is 24.0 Å². The van der Waals surface area contributed by atoms with Gasteiger partial charge in [0.2, 0.25) is 5.91 Å². The topological polar surface area (TPSA) is 73.6 Å². The molecule has 0 fully saturated rings. The summed E-state index contributed by atoms with van der Waals surface area (Å²) >= 11 is 0. The quantitative estimate of drug-likeness (QED) is 0.509. The summed E-state index contributed by atoms with van der Waals surface area (Å²) < 4.78 is 11.2. The van der Waals surface area contributed by atoms with Gasteiger partial charge < -0.3 is 20.5 Å². The van der Waals surface area contributed by atoms with Gasteiger partial charge >= 0.3 is 0 Å². The Labute approximate surface area is 143 Å². The summed E-state index contributed by atoms with van der Waals surface area (Å²) in [6.07, 6.45) is 4.35. The zero-order valence-electron chi connectivity index (χ0n) is 13.9. The number of nitrogens with one attached hydrogen (secondary N) is 1. The van der Waals surface area contributed by atoms with Crippen LogP contribution in [-0.4, -0.2) is 32.0 Å². The van der Waals surface area contributed by atoms with Crippen molar-refractivity contribution < 1.29 is 14.3 Å². The number of hydrogen-bond acceptors (Lipinski definition) is 4. The smallest absolute Gasteiger partial charge is 0.220 e. The van der Waals surface area contributed by atoms with Gasteiger partial charge in [0.25, 0.3) is 0 Å². The van der Waals surface area contributed by atoms with Crippen molar-refractivity contribution in [1.82, 2.24) is 5.32 Å². The molecule has 0 radical (unpaired) electrons. The van der Waals surface area contributed by atoms with Crippen LogP contribution in [0.15, 0.2) is 49.6 Å². The SMILES string of the molecule is C=CCOC(CNC1CC(C(N)=O)Cc2ccccc21)OCC=C. The third-order valence-corrected chi connectivity index (χ3v) is 4.15. The van der Waals surface area contributed by atoms with Gasteiger partial charge in [0, 0.05) is 18.5 Å². The van der Waals surface area contributed by atoms with E-state index in [1.54, 1.807) is 12.2 Å². The highest BCUT2D eigenvalue weighted by Crippen LogP contribution is 2.33. The molecule has 1 aromatic rings. The Morgan fingerprint density at radius 3 is 2.58 bits per heavy atom. The van der Waals surface area contributed by atoms with E-state index < -0.39 is 6.29 Å². The first-order valence-corrected chi connectivity index (χ1v) is 8.21. The van der Waals surface area contributed by atoms with Gasteiger partial charge in [-0.15, -0.1) is 13.2 Å². The Balaban J connectivity index is 2.04. The minimum absolute atomic E-state index is 0.0506. The van der Waals surface area contributed by atoms with Crippen molar-refractivity contribution in [2.75, 3.05) is 19.8 Å². The highest BCUT2D eigenvalue weighted by molar-refractivity contribution is 5.77. The average Bonchev–Trinajstić information content (AvgIpc) is 2.60.